The first-order valence-electron chi connectivity index (χ1n) is 5.92. The highest BCUT2D eigenvalue weighted by atomic mass is 35.5. The molecule has 1 saturated heterocycles. The van der Waals surface area contributed by atoms with Crippen molar-refractivity contribution in [2.75, 3.05) is 13.1 Å². The summed E-state index contributed by atoms with van der Waals surface area (Å²) in [6, 6.07) is 1.53. The van der Waals surface area contributed by atoms with E-state index in [1.165, 1.54) is 10.4 Å². The summed E-state index contributed by atoms with van der Waals surface area (Å²) in [7, 11) is -3.45. The first kappa shape index (κ1) is 13.9. The number of sulfonamides is 1. The van der Waals surface area contributed by atoms with Gasteiger partial charge >= 0.3 is 0 Å². The molecule has 0 spiro atoms. The van der Waals surface area contributed by atoms with Crippen molar-refractivity contribution in [3.05, 3.63) is 17.6 Å². The number of aryl methyl sites for hydroxylation is 1. The molecule has 1 fully saturated rings. The van der Waals surface area contributed by atoms with Gasteiger partial charge in [0.05, 0.1) is 5.88 Å². The van der Waals surface area contributed by atoms with E-state index in [9.17, 15) is 8.42 Å². The number of hydrogen-bond acceptors (Lipinski definition) is 3. The Balaban J connectivity index is 2.34. The van der Waals surface area contributed by atoms with Crippen molar-refractivity contribution in [2.45, 2.75) is 38.0 Å². The third-order valence-electron chi connectivity index (χ3n) is 3.32. The Labute approximate surface area is 113 Å². The third-order valence-corrected chi connectivity index (χ3v) is 5.53. The minimum Gasteiger partial charge on any atom is -0.464 e. The Hall–Kier alpha value is -0.520. The summed E-state index contributed by atoms with van der Waals surface area (Å²) in [5.74, 6) is 1.09. The van der Waals surface area contributed by atoms with Gasteiger partial charge in [-0.15, -0.1) is 11.6 Å². The second kappa shape index (κ2) is 4.54. The van der Waals surface area contributed by atoms with E-state index in [0.29, 0.717) is 24.6 Å². The smallest absolute Gasteiger partial charge is 0.246 e. The van der Waals surface area contributed by atoms with E-state index >= 15 is 0 Å². The Morgan fingerprint density at radius 2 is 2.17 bits per heavy atom. The van der Waals surface area contributed by atoms with E-state index in [4.69, 9.17) is 16.0 Å². The van der Waals surface area contributed by atoms with Crippen LogP contribution in [0.25, 0.3) is 0 Å². The first-order valence-corrected chi connectivity index (χ1v) is 7.89. The van der Waals surface area contributed by atoms with E-state index in [1.54, 1.807) is 6.92 Å². The first-order chi connectivity index (χ1) is 8.26. The van der Waals surface area contributed by atoms with Crippen molar-refractivity contribution in [3.8, 4) is 0 Å². The Morgan fingerprint density at radius 3 is 2.61 bits per heavy atom. The highest BCUT2D eigenvalue weighted by Crippen LogP contribution is 2.34. The molecule has 6 heteroatoms. The van der Waals surface area contributed by atoms with Gasteiger partial charge in [-0.1, -0.05) is 13.8 Å². The van der Waals surface area contributed by atoms with E-state index in [2.05, 4.69) is 13.8 Å². The number of hydrogen-bond donors (Lipinski definition) is 0. The lowest BCUT2D eigenvalue weighted by Gasteiger charge is -2.19. The highest BCUT2D eigenvalue weighted by molar-refractivity contribution is 7.89. The lowest BCUT2D eigenvalue weighted by molar-refractivity contribution is 0.375. The van der Waals surface area contributed by atoms with Crippen molar-refractivity contribution in [2.24, 2.45) is 5.41 Å². The maximum absolute atomic E-state index is 12.5. The molecule has 0 saturated carbocycles. The summed E-state index contributed by atoms with van der Waals surface area (Å²) in [6.07, 6.45) is 0.880. The van der Waals surface area contributed by atoms with Gasteiger partial charge in [-0.2, -0.15) is 4.31 Å². The predicted octanol–water partition coefficient (Wildman–Crippen LogP) is 2.75. The molecule has 0 N–H and O–H groups in total. The van der Waals surface area contributed by atoms with E-state index in [1.807, 2.05) is 0 Å². The summed E-state index contributed by atoms with van der Waals surface area (Å²) >= 11 is 5.67. The van der Waals surface area contributed by atoms with Crippen LogP contribution in [0.15, 0.2) is 15.4 Å². The zero-order chi connectivity index (χ0) is 13.6. The number of nitrogens with zero attached hydrogens (tertiary/aromatic N) is 1. The zero-order valence-electron chi connectivity index (χ0n) is 10.9. The molecule has 4 nitrogen and oxygen atoms in total. The number of furan rings is 1. The fourth-order valence-corrected chi connectivity index (χ4v) is 4.20. The molecule has 1 aromatic rings. The van der Waals surface area contributed by atoms with Crippen molar-refractivity contribution in [1.82, 2.24) is 4.31 Å². The van der Waals surface area contributed by atoms with E-state index in [0.717, 1.165) is 6.42 Å². The molecule has 0 atom stereocenters. The average molecular weight is 292 g/mol. The summed E-state index contributed by atoms with van der Waals surface area (Å²) in [5.41, 5.74) is 0.0417. The van der Waals surface area contributed by atoms with Crippen LogP contribution in [-0.4, -0.2) is 25.8 Å². The third kappa shape index (κ3) is 2.44. The summed E-state index contributed by atoms with van der Waals surface area (Å²) < 4.78 is 31.8. The van der Waals surface area contributed by atoms with Crippen LogP contribution in [0.4, 0.5) is 0 Å². The van der Waals surface area contributed by atoms with Crippen molar-refractivity contribution in [1.29, 1.82) is 0 Å². The minimum absolute atomic E-state index is 0.0417. The molecule has 0 radical (unpaired) electrons. The monoisotopic (exact) mass is 291 g/mol. The van der Waals surface area contributed by atoms with Gasteiger partial charge in [0.25, 0.3) is 0 Å². The topological polar surface area (TPSA) is 50.5 Å². The van der Waals surface area contributed by atoms with Crippen molar-refractivity contribution >= 4 is 21.6 Å². The minimum atomic E-state index is -3.45. The maximum atomic E-state index is 12.5. The molecule has 18 heavy (non-hydrogen) atoms. The van der Waals surface area contributed by atoms with Crippen LogP contribution in [0, 0.1) is 12.3 Å². The zero-order valence-corrected chi connectivity index (χ0v) is 12.4. The molecular weight excluding hydrogens is 274 g/mol. The van der Waals surface area contributed by atoms with Crippen LogP contribution in [0.5, 0.6) is 0 Å². The highest BCUT2D eigenvalue weighted by Gasteiger charge is 2.38. The molecule has 0 aromatic carbocycles. The van der Waals surface area contributed by atoms with Gasteiger partial charge in [-0.25, -0.2) is 8.42 Å². The molecule has 1 aliphatic rings. The molecule has 102 valence electrons. The van der Waals surface area contributed by atoms with E-state index in [-0.39, 0.29) is 16.2 Å². The van der Waals surface area contributed by atoms with Crippen LogP contribution < -0.4 is 0 Å². The van der Waals surface area contributed by atoms with Crippen molar-refractivity contribution in [3.63, 3.8) is 0 Å². The number of rotatable bonds is 3. The molecule has 0 amide bonds. The molecule has 2 rings (SSSR count). The SMILES string of the molecule is Cc1oc(CCl)cc1S(=O)(=O)N1CCC(C)(C)C1. The summed E-state index contributed by atoms with van der Waals surface area (Å²) in [5, 5.41) is 0. The van der Waals surface area contributed by atoms with Gasteiger partial charge in [-0.3, -0.25) is 0 Å². The quantitative estimate of drug-likeness (QED) is 0.805. The van der Waals surface area contributed by atoms with Crippen LogP contribution in [0.2, 0.25) is 0 Å². The lowest BCUT2D eigenvalue weighted by atomic mass is 9.93. The second-order valence-electron chi connectivity index (χ2n) is 5.52. The van der Waals surface area contributed by atoms with Gasteiger partial charge in [0.2, 0.25) is 10.0 Å². The van der Waals surface area contributed by atoms with Crippen LogP contribution in [0.1, 0.15) is 31.8 Å². The molecular formula is C12H18ClNO3S. The van der Waals surface area contributed by atoms with Crippen molar-refractivity contribution < 1.29 is 12.8 Å². The molecule has 2 heterocycles. The lowest BCUT2D eigenvalue weighted by Crippen LogP contribution is -2.30. The molecule has 1 aliphatic heterocycles. The van der Waals surface area contributed by atoms with E-state index < -0.39 is 10.0 Å². The molecule has 0 bridgehead atoms. The van der Waals surface area contributed by atoms with Crippen LogP contribution >= 0.6 is 11.6 Å². The normalized spacial score (nSPS) is 20.4. The summed E-state index contributed by atoms with van der Waals surface area (Å²) in [6.45, 7) is 6.93. The number of halogens is 1. The largest absolute Gasteiger partial charge is 0.464 e. The van der Waals surface area contributed by atoms with Gasteiger partial charge in [0.1, 0.15) is 16.4 Å². The molecule has 0 aliphatic carbocycles. The molecule has 0 unspecified atom stereocenters. The Kier molecular flexibility index (Phi) is 3.51. The van der Waals surface area contributed by atoms with Gasteiger partial charge in [0.15, 0.2) is 0 Å². The van der Waals surface area contributed by atoms with Gasteiger partial charge in [0, 0.05) is 19.2 Å². The summed E-state index contributed by atoms with van der Waals surface area (Å²) in [4.78, 5) is 0.246. The molecule has 1 aromatic heterocycles. The Bertz CT molecular complexity index is 548. The second-order valence-corrected chi connectivity index (χ2v) is 7.69. The van der Waals surface area contributed by atoms with Gasteiger partial charge in [-0.05, 0) is 18.8 Å². The predicted molar refractivity (Wildman–Crippen MR) is 70.2 cm³/mol. The Morgan fingerprint density at radius 1 is 1.50 bits per heavy atom. The average Bonchev–Trinajstić information content (AvgIpc) is 2.82. The fourth-order valence-electron chi connectivity index (χ4n) is 2.25. The van der Waals surface area contributed by atoms with Crippen LogP contribution in [-0.2, 0) is 15.9 Å². The number of alkyl halides is 1. The standard InChI is InChI=1S/C12H18ClNO3S/c1-9-11(6-10(7-13)17-9)18(15,16)14-5-4-12(2,3)8-14/h6H,4-5,7-8H2,1-3H3. The maximum Gasteiger partial charge on any atom is 0.246 e. The fraction of sp³-hybridized carbons (Fsp3) is 0.667. The van der Waals surface area contributed by atoms with Crippen LogP contribution in [0.3, 0.4) is 0 Å². The van der Waals surface area contributed by atoms with Gasteiger partial charge < -0.3 is 4.42 Å².